The van der Waals surface area contributed by atoms with Gasteiger partial charge in [-0.05, 0) is 23.3 Å². The minimum atomic E-state index is -0.936. The predicted molar refractivity (Wildman–Crippen MR) is 111 cm³/mol. The van der Waals surface area contributed by atoms with Gasteiger partial charge in [-0.25, -0.2) is 9.18 Å². The van der Waals surface area contributed by atoms with Crippen molar-refractivity contribution in [1.29, 1.82) is 0 Å². The highest BCUT2D eigenvalue weighted by atomic mass is 19.1. The summed E-state index contributed by atoms with van der Waals surface area (Å²) < 4.78 is 29.3. The number of carbonyl (C=O) groups is 2. The van der Waals surface area contributed by atoms with Gasteiger partial charge < -0.3 is 24.8 Å². The monoisotopic (exact) mass is 426 g/mol. The van der Waals surface area contributed by atoms with Crippen LogP contribution in [0.3, 0.4) is 0 Å². The molecule has 2 aromatic carbocycles. The number of hydrogen-bond acceptors (Lipinski definition) is 6. The number of esters is 1. The molecule has 162 valence electrons. The molecule has 1 unspecified atom stereocenters. The van der Waals surface area contributed by atoms with E-state index in [1.807, 2.05) is 30.3 Å². The third-order valence-electron chi connectivity index (χ3n) is 4.64. The van der Waals surface area contributed by atoms with Crippen LogP contribution in [0.5, 0.6) is 0 Å². The average Bonchev–Trinajstić information content (AvgIpc) is 2.81. The van der Waals surface area contributed by atoms with Crippen molar-refractivity contribution in [2.75, 3.05) is 14.2 Å². The van der Waals surface area contributed by atoms with Crippen molar-refractivity contribution in [3.63, 3.8) is 0 Å². The molecule has 0 aliphatic carbocycles. The Balaban J connectivity index is 1.80. The molecule has 0 radical (unpaired) electrons. The molecule has 1 atom stereocenters. The largest absolute Gasteiger partial charge is 0.495 e. The second kappa shape index (κ2) is 10.4. The number of rotatable bonds is 8. The molecular formula is C23H23FN2O5. The van der Waals surface area contributed by atoms with E-state index in [9.17, 15) is 14.0 Å². The first-order valence-electron chi connectivity index (χ1n) is 9.54. The molecule has 0 fully saturated rings. The van der Waals surface area contributed by atoms with Crippen molar-refractivity contribution in [2.24, 2.45) is 0 Å². The highest BCUT2D eigenvalue weighted by molar-refractivity contribution is 5.97. The van der Waals surface area contributed by atoms with E-state index in [-0.39, 0.29) is 36.0 Å². The van der Waals surface area contributed by atoms with E-state index in [4.69, 9.17) is 14.2 Å². The third-order valence-corrected chi connectivity index (χ3v) is 4.64. The summed E-state index contributed by atoms with van der Waals surface area (Å²) in [7, 11) is 2.64. The lowest BCUT2D eigenvalue weighted by molar-refractivity contribution is -0.137. The summed E-state index contributed by atoms with van der Waals surface area (Å²) in [5.41, 5.74) is 1.90. The second-order valence-corrected chi connectivity index (χ2v) is 6.66. The quantitative estimate of drug-likeness (QED) is 0.631. The van der Waals surface area contributed by atoms with Crippen molar-refractivity contribution in [1.82, 2.24) is 10.6 Å². The Bertz CT molecular complexity index is 987. The molecule has 2 aromatic rings. The fraction of sp³-hybridized carbons (Fsp3) is 0.217. The lowest BCUT2D eigenvalue weighted by atomic mass is 10.0. The molecule has 0 bridgehead atoms. The summed E-state index contributed by atoms with van der Waals surface area (Å²) in [5.74, 6) is -1.29. The summed E-state index contributed by atoms with van der Waals surface area (Å²) in [6, 6.07) is 15.2. The Morgan fingerprint density at radius 2 is 1.74 bits per heavy atom. The van der Waals surface area contributed by atoms with Crippen LogP contribution in [-0.2, 0) is 37.0 Å². The molecule has 31 heavy (non-hydrogen) atoms. The maximum Gasteiger partial charge on any atom is 0.358 e. The molecule has 3 rings (SSSR count). The maximum absolute atomic E-state index is 13.1. The van der Waals surface area contributed by atoms with Gasteiger partial charge in [-0.1, -0.05) is 42.5 Å². The first-order valence-corrected chi connectivity index (χ1v) is 9.54. The lowest BCUT2D eigenvalue weighted by Crippen LogP contribution is -2.39. The zero-order chi connectivity index (χ0) is 22.2. The molecule has 1 aliphatic rings. The van der Waals surface area contributed by atoms with Crippen molar-refractivity contribution in [3.8, 4) is 0 Å². The standard InChI is InChI=1S/C23H23FN2O5/c1-29-21-19(23(28)30-2)25-13-18(20(21)31-14-16-6-4-3-5-7-16)22(27)26-12-15-8-10-17(24)11-9-15/h3-11,13,20,25H,12,14H2,1-2H3,(H,26,27). The fourth-order valence-electron chi connectivity index (χ4n) is 3.03. The van der Waals surface area contributed by atoms with Gasteiger partial charge >= 0.3 is 5.97 Å². The van der Waals surface area contributed by atoms with Gasteiger partial charge in [-0.3, -0.25) is 4.79 Å². The zero-order valence-electron chi connectivity index (χ0n) is 17.2. The van der Waals surface area contributed by atoms with Crippen LogP contribution in [-0.4, -0.2) is 32.2 Å². The Labute approximate surface area is 179 Å². The van der Waals surface area contributed by atoms with Crippen molar-refractivity contribution >= 4 is 11.9 Å². The van der Waals surface area contributed by atoms with Crippen LogP contribution in [0.25, 0.3) is 0 Å². The van der Waals surface area contributed by atoms with Crippen LogP contribution >= 0.6 is 0 Å². The van der Waals surface area contributed by atoms with Crippen LogP contribution in [0.1, 0.15) is 11.1 Å². The van der Waals surface area contributed by atoms with Crippen molar-refractivity contribution in [3.05, 3.63) is 94.8 Å². The van der Waals surface area contributed by atoms with Gasteiger partial charge in [0.1, 0.15) is 11.9 Å². The number of amides is 1. The van der Waals surface area contributed by atoms with E-state index in [1.54, 1.807) is 12.1 Å². The smallest absolute Gasteiger partial charge is 0.358 e. The normalized spacial score (nSPS) is 15.6. The minimum absolute atomic E-state index is 0.0538. The number of dihydropyridines is 1. The summed E-state index contributed by atoms with van der Waals surface area (Å²) in [6.45, 7) is 0.382. The molecule has 2 N–H and O–H groups in total. The van der Waals surface area contributed by atoms with Crippen LogP contribution in [0, 0.1) is 5.82 Å². The Hall–Kier alpha value is -3.65. The fourth-order valence-corrected chi connectivity index (χ4v) is 3.03. The molecule has 1 heterocycles. The average molecular weight is 426 g/mol. The summed E-state index contributed by atoms with van der Waals surface area (Å²) >= 11 is 0. The minimum Gasteiger partial charge on any atom is -0.495 e. The van der Waals surface area contributed by atoms with E-state index in [0.29, 0.717) is 0 Å². The molecule has 8 heteroatoms. The summed E-state index contributed by atoms with van der Waals surface area (Å²) in [4.78, 5) is 25.0. The molecule has 0 spiro atoms. The van der Waals surface area contributed by atoms with Gasteiger partial charge in [0.05, 0.1) is 26.4 Å². The molecule has 1 aliphatic heterocycles. The molecule has 0 saturated carbocycles. The highest BCUT2D eigenvalue weighted by Gasteiger charge is 2.35. The molecule has 0 aromatic heterocycles. The van der Waals surface area contributed by atoms with Gasteiger partial charge in [0, 0.05) is 12.7 Å². The molecular weight excluding hydrogens is 403 g/mol. The number of nitrogens with one attached hydrogen (secondary N) is 2. The predicted octanol–water partition coefficient (Wildman–Crippen LogP) is 2.55. The first-order chi connectivity index (χ1) is 15.0. The van der Waals surface area contributed by atoms with Gasteiger partial charge in [0.2, 0.25) is 0 Å². The summed E-state index contributed by atoms with van der Waals surface area (Å²) in [6.07, 6.45) is 0.457. The molecule has 1 amide bonds. The van der Waals surface area contributed by atoms with Gasteiger partial charge in [-0.2, -0.15) is 0 Å². The summed E-state index contributed by atoms with van der Waals surface area (Å²) in [5, 5.41) is 5.54. The van der Waals surface area contributed by atoms with E-state index < -0.39 is 18.0 Å². The highest BCUT2D eigenvalue weighted by Crippen LogP contribution is 2.25. The Morgan fingerprint density at radius 1 is 1.03 bits per heavy atom. The van der Waals surface area contributed by atoms with Crippen LogP contribution in [0.4, 0.5) is 4.39 Å². The lowest BCUT2D eigenvalue weighted by Gasteiger charge is -2.28. The SMILES string of the molecule is COC(=O)C1=C(OC)C(OCc2ccccc2)C(C(=O)NCc2ccc(F)cc2)=CN1. The molecule has 7 nitrogen and oxygen atoms in total. The van der Waals surface area contributed by atoms with Gasteiger partial charge in [0.25, 0.3) is 5.91 Å². The van der Waals surface area contributed by atoms with Crippen LogP contribution in [0.15, 0.2) is 77.8 Å². The van der Waals surface area contributed by atoms with E-state index in [1.165, 1.54) is 32.6 Å². The van der Waals surface area contributed by atoms with Crippen LogP contribution < -0.4 is 10.6 Å². The topological polar surface area (TPSA) is 85.9 Å². The van der Waals surface area contributed by atoms with Gasteiger partial charge in [0.15, 0.2) is 11.5 Å². The van der Waals surface area contributed by atoms with Crippen LogP contribution in [0.2, 0.25) is 0 Å². The Morgan fingerprint density at radius 3 is 2.39 bits per heavy atom. The van der Waals surface area contributed by atoms with E-state index >= 15 is 0 Å². The van der Waals surface area contributed by atoms with E-state index in [0.717, 1.165) is 11.1 Å². The number of methoxy groups -OCH3 is 2. The second-order valence-electron chi connectivity index (χ2n) is 6.66. The molecule has 0 saturated heterocycles. The third kappa shape index (κ3) is 5.49. The number of hydrogen-bond donors (Lipinski definition) is 2. The first kappa shape index (κ1) is 22.0. The number of halogens is 1. The number of benzene rings is 2. The van der Waals surface area contributed by atoms with Crippen molar-refractivity contribution < 1.29 is 28.2 Å². The maximum atomic E-state index is 13.1. The zero-order valence-corrected chi connectivity index (χ0v) is 17.2. The number of ether oxygens (including phenoxy) is 3. The van der Waals surface area contributed by atoms with Gasteiger partial charge in [-0.15, -0.1) is 0 Å². The number of carbonyl (C=O) groups excluding carboxylic acids is 2. The van der Waals surface area contributed by atoms with E-state index in [2.05, 4.69) is 10.6 Å². The van der Waals surface area contributed by atoms with Crippen molar-refractivity contribution in [2.45, 2.75) is 19.3 Å². The Kier molecular flexibility index (Phi) is 7.40.